The van der Waals surface area contributed by atoms with Crippen LogP contribution >= 0.6 is 27.3 Å². The maximum atomic E-state index is 11.2. The topological polar surface area (TPSA) is 55.1 Å². The standard InChI is InChI=1S/C9H13BrN2OS/c1-2-5-12-8(9(11)13)6-3-4-7(10)14-6/h3-4,8,12H,2,5H2,1H3,(H2,11,13). The summed E-state index contributed by atoms with van der Waals surface area (Å²) in [6, 6.07) is 3.47. The van der Waals surface area contributed by atoms with Gasteiger partial charge in [0.25, 0.3) is 0 Å². The lowest BCUT2D eigenvalue weighted by atomic mass is 10.2. The average Bonchev–Trinajstić information content (AvgIpc) is 2.52. The molecule has 1 atom stereocenters. The van der Waals surface area contributed by atoms with E-state index < -0.39 is 0 Å². The number of primary amides is 1. The first-order valence-corrected chi connectivity index (χ1v) is 6.04. The Labute approximate surface area is 95.8 Å². The lowest BCUT2D eigenvalue weighted by Crippen LogP contribution is -2.33. The zero-order valence-electron chi connectivity index (χ0n) is 7.92. The van der Waals surface area contributed by atoms with Crippen molar-refractivity contribution in [1.29, 1.82) is 0 Å². The lowest BCUT2D eigenvalue weighted by Gasteiger charge is -2.12. The summed E-state index contributed by atoms with van der Waals surface area (Å²) in [6.45, 7) is 2.85. The Kier molecular flexibility index (Phi) is 4.57. The van der Waals surface area contributed by atoms with Crippen LogP contribution in [-0.2, 0) is 4.79 Å². The highest BCUT2D eigenvalue weighted by Gasteiger charge is 2.18. The highest BCUT2D eigenvalue weighted by atomic mass is 79.9. The number of carbonyl (C=O) groups is 1. The monoisotopic (exact) mass is 276 g/mol. The Morgan fingerprint density at radius 1 is 1.71 bits per heavy atom. The van der Waals surface area contributed by atoms with E-state index in [0.717, 1.165) is 21.6 Å². The van der Waals surface area contributed by atoms with E-state index >= 15 is 0 Å². The molecule has 78 valence electrons. The molecule has 1 aromatic rings. The van der Waals surface area contributed by atoms with Gasteiger partial charge in [0.15, 0.2) is 0 Å². The molecule has 1 rings (SSSR count). The van der Waals surface area contributed by atoms with Gasteiger partial charge in [-0.05, 0) is 41.0 Å². The van der Waals surface area contributed by atoms with E-state index in [2.05, 4.69) is 28.2 Å². The summed E-state index contributed by atoms with van der Waals surface area (Å²) in [7, 11) is 0. The van der Waals surface area contributed by atoms with Crippen LogP contribution in [0.3, 0.4) is 0 Å². The van der Waals surface area contributed by atoms with Crippen molar-refractivity contribution in [2.24, 2.45) is 5.73 Å². The summed E-state index contributed by atoms with van der Waals surface area (Å²) >= 11 is 4.88. The minimum atomic E-state index is -0.355. The zero-order valence-corrected chi connectivity index (χ0v) is 10.3. The van der Waals surface area contributed by atoms with Gasteiger partial charge in [-0.2, -0.15) is 0 Å². The van der Waals surface area contributed by atoms with Crippen molar-refractivity contribution in [3.05, 3.63) is 20.8 Å². The van der Waals surface area contributed by atoms with Gasteiger partial charge in [-0.15, -0.1) is 11.3 Å². The maximum Gasteiger partial charge on any atom is 0.239 e. The SMILES string of the molecule is CCCNC(C(N)=O)c1ccc(Br)s1. The third kappa shape index (κ3) is 3.08. The van der Waals surface area contributed by atoms with E-state index in [1.54, 1.807) is 0 Å². The molecular formula is C9H13BrN2OS. The quantitative estimate of drug-likeness (QED) is 0.865. The van der Waals surface area contributed by atoms with Gasteiger partial charge in [0, 0.05) is 4.88 Å². The van der Waals surface area contributed by atoms with E-state index in [1.165, 1.54) is 11.3 Å². The molecule has 0 radical (unpaired) electrons. The zero-order chi connectivity index (χ0) is 10.6. The van der Waals surface area contributed by atoms with Gasteiger partial charge in [-0.3, -0.25) is 4.79 Å². The highest BCUT2D eigenvalue weighted by molar-refractivity contribution is 9.11. The second-order valence-corrected chi connectivity index (χ2v) is 5.43. The van der Waals surface area contributed by atoms with E-state index in [4.69, 9.17) is 5.73 Å². The van der Waals surface area contributed by atoms with E-state index in [0.29, 0.717) is 0 Å². The van der Waals surface area contributed by atoms with Gasteiger partial charge in [0.2, 0.25) is 5.91 Å². The molecule has 3 N–H and O–H groups in total. The molecule has 5 heteroatoms. The second kappa shape index (κ2) is 5.48. The molecule has 0 aliphatic carbocycles. The maximum absolute atomic E-state index is 11.2. The van der Waals surface area contributed by atoms with Crippen LogP contribution in [0.5, 0.6) is 0 Å². The van der Waals surface area contributed by atoms with Crippen molar-refractivity contribution < 1.29 is 4.79 Å². The smallest absolute Gasteiger partial charge is 0.239 e. The molecule has 1 amide bonds. The predicted octanol–water partition coefficient (Wildman–Crippen LogP) is 2.04. The minimum absolute atomic E-state index is 0.326. The van der Waals surface area contributed by atoms with Gasteiger partial charge in [0.1, 0.15) is 6.04 Å². The van der Waals surface area contributed by atoms with Crippen LogP contribution in [0.1, 0.15) is 24.3 Å². The average molecular weight is 277 g/mol. The summed E-state index contributed by atoms with van der Waals surface area (Å²) in [5.41, 5.74) is 5.31. The van der Waals surface area contributed by atoms with Crippen LogP contribution in [0.4, 0.5) is 0 Å². The normalized spacial score (nSPS) is 12.7. The number of rotatable bonds is 5. The first-order valence-electron chi connectivity index (χ1n) is 4.43. The van der Waals surface area contributed by atoms with Crippen LogP contribution in [-0.4, -0.2) is 12.5 Å². The molecule has 1 heterocycles. The fraction of sp³-hybridized carbons (Fsp3) is 0.444. The van der Waals surface area contributed by atoms with Crippen LogP contribution in [0.2, 0.25) is 0 Å². The first kappa shape index (κ1) is 11.7. The van der Waals surface area contributed by atoms with Gasteiger partial charge >= 0.3 is 0 Å². The molecule has 0 fully saturated rings. The van der Waals surface area contributed by atoms with Gasteiger partial charge in [-0.1, -0.05) is 6.92 Å². The molecular weight excluding hydrogens is 264 g/mol. The number of halogens is 1. The number of thiophene rings is 1. The minimum Gasteiger partial charge on any atom is -0.368 e. The molecule has 0 saturated heterocycles. The second-order valence-electron chi connectivity index (χ2n) is 2.93. The molecule has 0 saturated carbocycles. The van der Waals surface area contributed by atoms with Crippen molar-refractivity contribution >= 4 is 33.2 Å². The predicted molar refractivity (Wildman–Crippen MR) is 62.2 cm³/mol. The summed E-state index contributed by atoms with van der Waals surface area (Å²) in [4.78, 5) is 12.1. The number of nitrogens with one attached hydrogen (secondary N) is 1. The Hall–Kier alpha value is -0.390. The Morgan fingerprint density at radius 2 is 2.43 bits per heavy atom. The summed E-state index contributed by atoms with van der Waals surface area (Å²) in [6.07, 6.45) is 0.982. The van der Waals surface area contributed by atoms with Gasteiger partial charge < -0.3 is 11.1 Å². The molecule has 1 aromatic heterocycles. The third-order valence-corrected chi connectivity index (χ3v) is 3.45. The lowest BCUT2D eigenvalue weighted by molar-refractivity contribution is -0.120. The number of carbonyl (C=O) groups excluding carboxylic acids is 1. The summed E-state index contributed by atoms with van der Waals surface area (Å²) < 4.78 is 1.01. The molecule has 0 spiro atoms. The van der Waals surface area contributed by atoms with Crippen LogP contribution in [0, 0.1) is 0 Å². The molecule has 1 unspecified atom stereocenters. The molecule has 0 aliphatic rings. The van der Waals surface area contributed by atoms with E-state index in [1.807, 2.05) is 12.1 Å². The molecule has 14 heavy (non-hydrogen) atoms. The van der Waals surface area contributed by atoms with Crippen LogP contribution in [0.15, 0.2) is 15.9 Å². The fourth-order valence-corrected chi connectivity index (χ4v) is 2.62. The molecule has 0 aliphatic heterocycles. The van der Waals surface area contributed by atoms with Crippen molar-refractivity contribution in [3.8, 4) is 0 Å². The Balaban J connectivity index is 2.72. The molecule has 0 aromatic carbocycles. The summed E-state index contributed by atoms with van der Waals surface area (Å²) in [5.74, 6) is -0.326. The van der Waals surface area contributed by atoms with Gasteiger partial charge in [-0.25, -0.2) is 0 Å². The van der Waals surface area contributed by atoms with Crippen molar-refractivity contribution in [3.63, 3.8) is 0 Å². The Morgan fingerprint density at radius 3 is 2.86 bits per heavy atom. The van der Waals surface area contributed by atoms with Crippen LogP contribution in [0.25, 0.3) is 0 Å². The van der Waals surface area contributed by atoms with E-state index in [-0.39, 0.29) is 11.9 Å². The highest BCUT2D eigenvalue weighted by Crippen LogP contribution is 2.27. The number of amides is 1. The van der Waals surface area contributed by atoms with Crippen molar-refractivity contribution in [1.82, 2.24) is 5.32 Å². The van der Waals surface area contributed by atoms with Crippen molar-refractivity contribution in [2.45, 2.75) is 19.4 Å². The Bertz CT molecular complexity index is 314. The van der Waals surface area contributed by atoms with E-state index in [9.17, 15) is 4.79 Å². The summed E-state index contributed by atoms with van der Waals surface area (Å²) in [5, 5.41) is 3.11. The largest absolute Gasteiger partial charge is 0.368 e. The molecule has 3 nitrogen and oxygen atoms in total. The molecule has 0 bridgehead atoms. The van der Waals surface area contributed by atoms with Crippen molar-refractivity contribution in [2.75, 3.05) is 6.54 Å². The van der Waals surface area contributed by atoms with Crippen LogP contribution < -0.4 is 11.1 Å². The number of hydrogen-bond donors (Lipinski definition) is 2. The third-order valence-electron chi connectivity index (χ3n) is 1.76. The number of hydrogen-bond acceptors (Lipinski definition) is 3. The number of nitrogens with two attached hydrogens (primary N) is 1. The van der Waals surface area contributed by atoms with Gasteiger partial charge in [0.05, 0.1) is 3.79 Å². The fourth-order valence-electron chi connectivity index (χ4n) is 1.11. The first-order chi connectivity index (χ1) is 6.65.